The fourth-order valence-electron chi connectivity index (χ4n) is 7.45. The molecule has 0 radical (unpaired) electrons. The zero-order chi connectivity index (χ0) is 48.8. The maximum atomic E-state index is 14.3. The van der Waals surface area contributed by atoms with Gasteiger partial charge in [0, 0.05) is 42.5 Å². The number of aromatic nitrogens is 1. The van der Waals surface area contributed by atoms with Crippen LogP contribution in [-0.2, 0) is 50.1 Å². The number of carbonyl (C=O) groups is 7. The lowest BCUT2D eigenvalue weighted by molar-refractivity contribution is -0.142. The molecule has 10 unspecified atom stereocenters. The third kappa shape index (κ3) is 13.7. The molecule has 0 saturated carbocycles. The number of para-hydroxylation sites is 1. The molecule has 368 valence electrons. The molecule has 2 aromatic carbocycles. The number of rotatable bonds is 5. The summed E-state index contributed by atoms with van der Waals surface area (Å²) < 4.78 is 29.6. The summed E-state index contributed by atoms with van der Waals surface area (Å²) in [5.41, 5.74) is 0.215. The smallest absolute Gasteiger partial charge is 0.294 e. The molecule has 7 amide bonds. The van der Waals surface area contributed by atoms with Crippen LogP contribution in [0.25, 0.3) is 10.9 Å². The molecule has 10 atom stereocenters. The van der Waals surface area contributed by atoms with Crippen molar-refractivity contribution in [1.29, 1.82) is 0 Å². The van der Waals surface area contributed by atoms with Crippen LogP contribution in [0.1, 0.15) is 51.7 Å². The van der Waals surface area contributed by atoms with Crippen LogP contribution in [0.15, 0.2) is 58.5 Å². The molecule has 6 rings (SSSR count). The van der Waals surface area contributed by atoms with Crippen molar-refractivity contribution in [1.82, 2.24) is 47.9 Å². The SMILES string of the molecule is CC1NC(=O)C(CC(C)(O)CO)NC(=O)C2Cc3c([nH]c4ccccc34)SCC(NC(=O)C(C(C)O)NC1=O)C(=O)N1CC(O)CC1C(=O)NC(C)C(=O)N2.Cc1ccc(S(=O)(=O)O)cc1.N. The molecule has 2 bridgehead atoms. The second-order valence-corrected chi connectivity index (χ2v) is 19.4. The van der Waals surface area contributed by atoms with E-state index < -0.39 is 125 Å². The second kappa shape index (κ2) is 22.4. The maximum absolute atomic E-state index is 14.3. The second-order valence-electron chi connectivity index (χ2n) is 16.9. The molecule has 3 aromatic rings. The molecule has 15 N–H and O–H groups in total. The van der Waals surface area contributed by atoms with Crippen molar-refractivity contribution >= 4 is 74.1 Å². The fraction of sp³-hybridized carbons (Fsp3) is 0.500. The average Bonchev–Trinajstić information content (AvgIpc) is 3.82. The van der Waals surface area contributed by atoms with Crippen molar-refractivity contribution in [2.24, 2.45) is 0 Å². The number of aliphatic hydroxyl groups is 4. The molecule has 1 saturated heterocycles. The maximum Gasteiger partial charge on any atom is 0.294 e. The Kier molecular flexibility index (Phi) is 18.0. The van der Waals surface area contributed by atoms with Gasteiger partial charge in [0.15, 0.2) is 0 Å². The number of hydrogen-bond donors (Lipinski definition) is 13. The van der Waals surface area contributed by atoms with E-state index in [1.165, 1.54) is 39.8 Å². The van der Waals surface area contributed by atoms with Gasteiger partial charge in [-0.2, -0.15) is 8.42 Å². The molecular formula is C42H59N9O14S2. The monoisotopic (exact) mass is 977 g/mol. The van der Waals surface area contributed by atoms with E-state index in [2.05, 4.69) is 36.9 Å². The first kappa shape index (κ1) is 53.9. The first-order valence-corrected chi connectivity index (χ1v) is 23.4. The van der Waals surface area contributed by atoms with Gasteiger partial charge in [0.05, 0.1) is 34.3 Å². The molecule has 23 nitrogen and oxygen atoms in total. The lowest BCUT2D eigenvalue weighted by Gasteiger charge is -2.31. The van der Waals surface area contributed by atoms with Gasteiger partial charge in [-0.25, -0.2) is 0 Å². The van der Waals surface area contributed by atoms with Crippen LogP contribution in [0, 0.1) is 6.92 Å². The molecule has 1 fully saturated rings. The van der Waals surface area contributed by atoms with E-state index in [4.69, 9.17) is 4.55 Å². The summed E-state index contributed by atoms with van der Waals surface area (Å²) in [5, 5.41) is 58.1. The number of aryl methyl sites for hydroxylation is 1. The Balaban J connectivity index is 0.000000716. The predicted molar refractivity (Wildman–Crippen MR) is 242 cm³/mol. The molecule has 3 aliphatic heterocycles. The predicted octanol–water partition coefficient (Wildman–Crippen LogP) is -2.34. The molecule has 67 heavy (non-hydrogen) atoms. The minimum Gasteiger partial charge on any atom is -0.393 e. The van der Waals surface area contributed by atoms with Gasteiger partial charge < -0.3 is 68.4 Å². The van der Waals surface area contributed by atoms with E-state index >= 15 is 0 Å². The van der Waals surface area contributed by atoms with Crippen molar-refractivity contribution in [3.8, 4) is 0 Å². The number of amides is 7. The number of aromatic amines is 1. The largest absolute Gasteiger partial charge is 0.393 e. The van der Waals surface area contributed by atoms with Crippen LogP contribution in [0.5, 0.6) is 0 Å². The van der Waals surface area contributed by atoms with Crippen LogP contribution in [-0.4, -0.2) is 164 Å². The lowest BCUT2D eigenvalue weighted by Crippen LogP contribution is -2.61. The Morgan fingerprint density at radius 3 is 2.03 bits per heavy atom. The van der Waals surface area contributed by atoms with E-state index in [1.807, 2.05) is 6.92 Å². The first-order valence-electron chi connectivity index (χ1n) is 21.0. The van der Waals surface area contributed by atoms with E-state index in [1.54, 1.807) is 36.4 Å². The summed E-state index contributed by atoms with van der Waals surface area (Å²) in [6, 6.07) is 3.13. The minimum absolute atomic E-state index is 0. The number of fused-ring (bicyclic) bond motifs is 5. The standard InChI is InChI=1S/C35H48N8O11S.C7H8O3S.H3N/c1-15-27(47)38-22-10-20-19-7-5-6-8-21(19)41-33(20)55-13-24(34(53)43-12-18(46)9-25(43)31(51)37-15)40-32(52)26(17(3)45)42-28(48)16(2)36-30(50)23(39-29(22)49)11-35(4,54)14-44;1-6-2-4-7(5-3-6)11(8,9)10;/h5-8,15-18,22-26,41,44-46,54H,9-14H2,1-4H3,(H,36,50)(H,37,51)(H,38,47)(H,39,49)(H,40,52)(H,42,48);2-5H,1H3,(H,8,9,10);1H3. The highest BCUT2D eigenvalue weighted by molar-refractivity contribution is 7.99. The Bertz CT molecular complexity index is 2430. The number of hydrogen-bond acceptors (Lipinski definition) is 15. The lowest BCUT2D eigenvalue weighted by atomic mass is 9.96. The number of H-pyrrole nitrogens is 1. The number of benzene rings is 2. The highest BCUT2D eigenvalue weighted by Crippen LogP contribution is 2.32. The van der Waals surface area contributed by atoms with Crippen LogP contribution >= 0.6 is 11.8 Å². The average molecular weight is 978 g/mol. The summed E-state index contributed by atoms with van der Waals surface area (Å²) in [4.78, 5) is 101. The van der Waals surface area contributed by atoms with Crippen molar-refractivity contribution in [2.45, 2.75) is 124 Å². The molecule has 4 heterocycles. The highest BCUT2D eigenvalue weighted by Gasteiger charge is 2.44. The van der Waals surface area contributed by atoms with E-state index in [0.717, 1.165) is 22.2 Å². The topological polar surface area (TPSA) is 381 Å². The Labute approximate surface area is 390 Å². The highest BCUT2D eigenvalue weighted by atomic mass is 32.2. The van der Waals surface area contributed by atoms with Crippen molar-refractivity contribution < 1.29 is 67.0 Å². The van der Waals surface area contributed by atoms with Gasteiger partial charge in [-0.3, -0.25) is 38.1 Å². The van der Waals surface area contributed by atoms with Crippen LogP contribution in [0.3, 0.4) is 0 Å². The van der Waals surface area contributed by atoms with E-state index in [0.29, 0.717) is 21.5 Å². The zero-order valence-electron chi connectivity index (χ0n) is 37.4. The first-order chi connectivity index (χ1) is 30.9. The van der Waals surface area contributed by atoms with Gasteiger partial charge in [0.1, 0.15) is 42.3 Å². The van der Waals surface area contributed by atoms with Gasteiger partial charge in [0.2, 0.25) is 41.4 Å². The Morgan fingerprint density at radius 2 is 1.42 bits per heavy atom. The third-order valence-electron chi connectivity index (χ3n) is 11.2. The fourth-order valence-corrected chi connectivity index (χ4v) is 9.04. The summed E-state index contributed by atoms with van der Waals surface area (Å²) in [7, 11) is -4.02. The number of carbonyl (C=O) groups excluding carboxylic acids is 7. The molecule has 25 heteroatoms. The van der Waals surface area contributed by atoms with Gasteiger partial charge in [-0.15, -0.1) is 11.8 Å². The van der Waals surface area contributed by atoms with Gasteiger partial charge >= 0.3 is 0 Å². The third-order valence-corrected chi connectivity index (χ3v) is 13.2. The normalized spacial score (nSPS) is 27.1. The van der Waals surface area contributed by atoms with Crippen LogP contribution in [0.2, 0.25) is 0 Å². The number of thioether (sulfide) groups is 1. The number of aliphatic hydroxyl groups excluding tert-OH is 3. The van der Waals surface area contributed by atoms with Gasteiger partial charge in [0.25, 0.3) is 10.1 Å². The quantitative estimate of drug-likeness (QED) is 0.119. The van der Waals surface area contributed by atoms with Gasteiger partial charge in [-0.1, -0.05) is 35.9 Å². The zero-order valence-corrected chi connectivity index (χ0v) is 39.1. The van der Waals surface area contributed by atoms with E-state index in [-0.39, 0.29) is 36.2 Å². The summed E-state index contributed by atoms with van der Waals surface area (Å²) in [6.07, 6.45) is -3.53. The summed E-state index contributed by atoms with van der Waals surface area (Å²) in [5.74, 6) is -6.26. The Hall–Kier alpha value is -5.67. The summed E-state index contributed by atoms with van der Waals surface area (Å²) >= 11 is 1.08. The van der Waals surface area contributed by atoms with Crippen LogP contribution in [0.4, 0.5) is 0 Å². The number of nitrogens with zero attached hydrogens (tertiary/aromatic N) is 1. The van der Waals surface area contributed by atoms with E-state index in [9.17, 15) is 62.4 Å². The Morgan fingerprint density at radius 1 is 0.821 bits per heavy atom. The molecule has 0 aliphatic carbocycles. The molecule has 3 aliphatic rings. The van der Waals surface area contributed by atoms with Crippen LogP contribution < -0.4 is 38.1 Å². The van der Waals surface area contributed by atoms with Gasteiger partial charge in [-0.05, 0) is 58.4 Å². The number of nitrogens with one attached hydrogen (secondary N) is 7. The summed E-state index contributed by atoms with van der Waals surface area (Å²) in [6.45, 7) is 5.86. The molecular weight excluding hydrogens is 919 g/mol. The van der Waals surface area contributed by atoms with Crippen molar-refractivity contribution in [3.05, 3.63) is 59.7 Å². The minimum atomic E-state index is -4.02. The van der Waals surface area contributed by atoms with Crippen molar-refractivity contribution in [2.75, 3.05) is 18.9 Å². The molecule has 0 spiro atoms. The van der Waals surface area contributed by atoms with Crippen molar-refractivity contribution in [3.63, 3.8) is 0 Å². The molecule has 1 aromatic heterocycles.